The van der Waals surface area contributed by atoms with E-state index in [0.29, 0.717) is 0 Å². The zero-order valence-corrected chi connectivity index (χ0v) is 15.0. The molecule has 26 heavy (non-hydrogen) atoms. The van der Waals surface area contributed by atoms with E-state index in [4.69, 9.17) is 9.47 Å². The summed E-state index contributed by atoms with van der Waals surface area (Å²) in [7, 11) is 0. The van der Waals surface area contributed by atoms with E-state index in [1.807, 2.05) is 74.5 Å². The molecule has 1 saturated heterocycles. The van der Waals surface area contributed by atoms with Gasteiger partial charge in [-0.15, -0.1) is 0 Å². The number of rotatable bonds is 5. The van der Waals surface area contributed by atoms with E-state index in [0.717, 1.165) is 17.4 Å². The lowest BCUT2D eigenvalue weighted by Crippen LogP contribution is -2.48. The fourth-order valence-corrected chi connectivity index (χ4v) is 3.39. The van der Waals surface area contributed by atoms with Crippen molar-refractivity contribution in [2.75, 3.05) is 0 Å². The smallest absolute Gasteiger partial charge is 0.412 e. The fourth-order valence-electron chi connectivity index (χ4n) is 3.39. The second-order valence-corrected chi connectivity index (χ2v) is 6.78. The molecule has 0 aliphatic carbocycles. The largest absolute Gasteiger partial charge is 0.444 e. The highest BCUT2D eigenvalue weighted by atomic mass is 16.6. The van der Waals surface area contributed by atoms with Gasteiger partial charge in [-0.3, -0.25) is 4.90 Å². The lowest BCUT2D eigenvalue weighted by Gasteiger charge is -2.32. The molecule has 2 atom stereocenters. The Morgan fingerprint density at radius 2 is 1.73 bits per heavy atom. The quantitative estimate of drug-likeness (QED) is 0.760. The SMILES string of the molecule is CC1(C)O[C@H](c2ccccc2)[C@@H](CC=O)N1C(=O)OCc1ccccc1. The van der Waals surface area contributed by atoms with Crippen molar-refractivity contribution in [1.82, 2.24) is 4.90 Å². The number of amides is 1. The maximum atomic E-state index is 12.8. The van der Waals surface area contributed by atoms with E-state index in [1.165, 1.54) is 0 Å². The number of hydrogen-bond acceptors (Lipinski definition) is 4. The number of benzene rings is 2. The van der Waals surface area contributed by atoms with Crippen LogP contribution in [-0.2, 0) is 20.9 Å². The predicted molar refractivity (Wildman–Crippen MR) is 97.3 cm³/mol. The molecule has 1 aliphatic heterocycles. The van der Waals surface area contributed by atoms with Crippen molar-refractivity contribution in [2.45, 2.75) is 44.7 Å². The average molecular weight is 353 g/mol. The molecular formula is C21H23NO4. The Morgan fingerprint density at radius 3 is 2.35 bits per heavy atom. The Bertz CT molecular complexity index is 745. The summed E-state index contributed by atoms with van der Waals surface area (Å²) in [6, 6.07) is 18.7. The number of nitrogens with zero attached hydrogens (tertiary/aromatic N) is 1. The molecule has 1 fully saturated rings. The van der Waals surface area contributed by atoms with Gasteiger partial charge in [0, 0.05) is 6.42 Å². The molecule has 1 heterocycles. The van der Waals surface area contributed by atoms with Crippen LogP contribution in [0.2, 0.25) is 0 Å². The van der Waals surface area contributed by atoms with Crippen LogP contribution in [0, 0.1) is 0 Å². The van der Waals surface area contributed by atoms with Gasteiger partial charge in [0.2, 0.25) is 0 Å². The molecule has 1 aliphatic rings. The molecule has 0 radical (unpaired) electrons. The van der Waals surface area contributed by atoms with Crippen molar-refractivity contribution in [1.29, 1.82) is 0 Å². The average Bonchev–Trinajstić information content (AvgIpc) is 2.92. The first kappa shape index (κ1) is 18.1. The van der Waals surface area contributed by atoms with Crippen LogP contribution in [0.3, 0.4) is 0 Å². The van der Waals surface area contributed by atoms with Gasteiger partial charge in [-0.1, -0.05) is 60.7 Å². The Hall–Kier alpha value is -2.66. The van der Waals surface area contributed by atoms with Crippen molar-refractivity contribution in [2.24, 2.45) is 0 Å². The molecule has 2 aromatic carbocycles. The molecule has 1 amide bonds. The molecule has 2 aromatic rings. The van der Waals surface area contributed by atoms with Crippen molar-refractivity contribution in [3.05, 3.63) is 71.8 Å². The maximum absolute atomic E-state index is 12.8. The van der Waals surface area contributed by atoms with Crippen LogP contribution < -0.4 is 0 Å². The van der Waals surface area contributed by atoms with Crippen LogP contribution in [0.1, 0.15) is 37.5 Å². The van der Waals surface area contributed by atoms with Crippen molar-refractivity contribution >= 4 is 12.4 Å². The highest BCUT2D eigenvalue weighted by Crippen LogP contribution is 2.42. The summed E-state index contributed by atoms with van der Waals surface area (Å²) in [6.07, 6.45) is 0.150. The molecule has 5 heteroatoms. The van der Waals surface area contributed by atoms with E-state index in [2.05, 4.69) is 0 Å². The summed E-state index contributed by atoms with van der Waals surface area (Å²) in [5.41, 5.74) is 0.971. The minimum atomic E-state index is -0.873. The van der Waals surface area contributed by atoms with Gasteiger partial charge < -0.3 is 14.3 Å². The molecule has 136 valence electrons. The van der Waals surface area contributed by atoms with E-state index in [9.17, 15) is 9.59 Å². The van der Waals surface area contributed by atoms with E-state index < -0.39 is 17.9 Å². The highest BCUT2D eigenvalue weighted by Gasteiger charge is 2.50. The third-order valence-corrected chi connectivity index (χ3v) is 4.54. The second kappa shape index (κ2) is 7.70. The van der Waals surface area contributed by atoms with Crippen molar-refractivity contribution < 1.29 is 19.1 Å². The minimum absolute atomic E-state index is 0.177. The molecule has 0 N–H and O–H groups in total. The van der Waals surface area contributed by atoms with Gasteiger partial charge in [0.25, 0.3) is 0 Å². The maximum Gasteiger partial charge on any atom is 0.412 e. The van der Waals surface area contributed by atoms with Crippen LogP contribution >= 0.6 is 0 Å². The highest BCUT2D eigenvalue weighted by molar-refractivity contribution is 5.70. The first-order valence-electron chi connectivity index (χ1n) is 8.69. The monoisotopic (exact) mass is 353 g/mol. The first-order valence-corrected chi connectivity index (χ1v) is 8.69. The van der Waals surface area contributed by atoms with Crippen LogP contribution in [0.25, 0.3) is 0 Å². The molecule has 0 saturated carbocycles. The number of ether oxygens (including phenoxy) is 2. The van der Waals surface area contributed by atoms with Gasteiger partial charge in [-0.05, 0) is 25.0 Å². The molecule has 5 nitrogen and oxygen atoms in total. The summed E-state index contributed by atoms with van der Waals surface area (Å²) in [6.45, 7) is 3.81. The molecular weight excluding hydrogens is 330 g/mol. The number of aldehydes is 1. The summed E-state index contributed by atoms with van der Waals surface area (Å²) >= 11 is 0. The van der Waals surface area contributed by atoms with Gasteiger partial charge in [-0.25, -0.2) is 4.79 Å². The van der Waals surface area contributed by atoms with Gasteiger partial charge in [0.1, 0.15) is 24.7 Å². The van der Waals surface area contributed by atoms with E-state index in [1.54, 1.807) is 4.90 Å². The fraction of sp³-hybridized carbons (Fsp3) is 0.333. The number of carbonyl (C=O) groups is 2. The Morgan fingerprint density at radius 1 is 1.12 bits per heavy atom. The van der Waals surface area contributed by atoms with Crippen LogP contribution in [0.15, 0.2) is 60.7 Å². The van der Waals surface area contributed by atoms with Crippen LogP contribution in [0.5, 0.6) is 0 Å². The third kappa shape index (κ3) is 3.78. The lowest BCUT2D eigenvalue weighted by atomic mass is 10.00. The normalized spacial score (nSPS) is 21.4. The van der Waals surface area contributed by atoms with Gasteiger partial charge in [-0.2, -0.15) is 0 Å². The minimum Gasteiger partial charge on any atom is -0.444 e. The standard InChI is InChI=1S/C21H23NO4/c1-21(2)22(20(24)25-15-16-9-5-3-6-10-16)18(13-14-23)19(26-21)17-11-7-4-8-12-17/h3-12,14,18-19H,13,15H2,1-2H3/t18-,19-/m1/s1. The summed E-state index contributed by atoms with van der Waals surface area (Å²) < 4.78 is 11.7. The van der Waals surface area contributed by atoms with E-state index in [-0.39, 0.29) is 19.1 Å². The second-order valence-electron chi connectivity index (χ2n) is 6.78. The molecule has 0 bridgehead atoms. The number of carbonyl (C=O) groups excluding carboxylic acids is 2. The Kier molecular flexibility index (Phi) is 5.38. The molecule has 0 unspecified atom stereocenters. The topological polar surface area (TPSA) is 55.8 Å². The molecule has 0 spiro atoms. The zero-order valence-electron chi connectivity index (χ0n) is 15.0. The molecule has 3 rings (SSSR count). The lowest BCUT2D eigenvalue weighted by molar-refractivity contribution is -0.108. The van der Waals surface area contributed by atoms with Crippen LogP contribution in [0.4, 0.5) is 4.79 Å². The molecule has 0 aromatic heterocycles. The zero-order chi connectivity index (χ0) is 18.6. The van der Waals surface area contributed by atoms with Crippen molar-refractivity contribution in [3.8, 4) is 0 Å². The summed E-state index contributed by atoms with van der Waals surface area (Å²) in [5.74, 6) is 0. The van der Waals surface area contributed by atoms with Gasteiger partial charge in [0.05, 0.1) is 6.04 Å². The third-order valence-electron chi connectivity index (χ3n) is 4.54. The predicted octanol–water partition coefficient (Wildman–Crippen LogP) is 4.09. The Balaban J connectivity index is 1.81. The summed E-state index contributed by atoms with van der Waals surface area (Å²) in [4.78, 5) is 25.6. The van der Waals surface area contributed by atoms with E-state index >= 15 is 0 Å². The first-order chi connectivity index (χ1) is 12.5. The Labute approximate surface area is 153 Å². The van der Waals surface area contributed by atoms with Gasteiger partial charge in [0.15, 0.2) is 0 Å². The van der Waals surface area contributed by atoms with Crippen molar-refractivity contribution in [3.63, 3.8) is 0 Å². The van der Waals surface area contributed by atoms with Crippen LogP contribution in [-0.4, -0.2) is 29.0 Å². The van der Waals surface area contributed by atoms with Gasteiger partial charge >= 0.3 is 6.09 Å². The number of hydrogen-bond donors (Lipinski definition) is 0. The summed E-state index contributed by atoms with van der Waals surface area (Å²) in [5, 5.41) is 0.